The van der Waals surface area contributed by atoms with Crippen LogP contribution in [0.15, 0.2) is 231 Å². The molecule has 2 nitrogen and oxygen atoms in total. The molecule has 0 atom stereocenters. The van der Waals surface area contributed by atoms with Crippen molar-refractivity contribution in [2.45, 2.75) is 0 Å². The molecule has 0 amide bonds. The van der Waals surface area contributed by atoms with Crippen molar-refractivity contribution in [2.24, 2.45) is 0 Å². The normalized spacial score (nSPS) is 11.4. The van der Waals surface area contributed by atoms with E-state index in [-0.39, 0.29) is 0 Å². The fourth-order valence-electron chi connectivity index (χ4n) is 9.05. The van der Waals surface area contributed by atoms with Gasteiger partial charge in [0.2, 0.25) is 0 Å². The predicted octanol–water partition coefficient (Wildman–Crippen LogP) is 15.6. The first-order chi connectivity index (χ1) is 28.8. The Kier molecular flexibility index (Phi) is 8.19. The number of benzene rings is 10. The molecule has 0 saturated carbocycles. The number of fused-ring (bicyclic) bond motifs is 6. The van der Waals surface area contributed by atoms with Crippen LogP contribution in [-0.2, 0) is 0 Å². The second kappa shape index (κ2) is 14.1. The highest BCUT2D eigenvalue weighted by Gasteiger charge is 2.26. The molecule has 1 aromatic heterocycles. The summed E-state index contributed by atoms with van der Waals surface area (Å²) in [5.74, 6) is 0. The number of nitrogens with zero attached hydrogens (tertiary/aromatic N) is 2. The van der Waals surface area contributed by atoms with E-state index in [9.17, 15) is 0 Å². The predicted molar refractivity (Wildman–Crippen MR) is 247 cm³/mol. The summed E-state index contributed by atoms with van der Waals surface area (Å²) in [6.45, 7) is 0. The van der Waals surface area contributed by atoms with Crippen molar-refractivity contribution in [1.82, 2.24) is 4.57 Å². The largest absolute Gasteiger partial charge is 0.309 e. The molecule has 0 radical (unpaired) electrons. The zero-order chi connectivity index (χ0) is 38.4. The van der Waals surface area contributed by atoms with Crippen LogP contribution in [0, 0.1) is 0 Å². The molecule has 0 saturated heterocycles. The standard InChI is InChI=1S/C56H38N2/c1-4-20-39(21-5-1)44-28-14-16-34-50(44)57(54-38-42-26-10-11-27-43(42)47-29-12-13-30-48(47)54)52-36-19-37-53-55(52)49-31-15-17-35-51(49)58(53)56-45(40-22-6-2-7-23-40)32-18-33-46(56)41-24-8-3-9-25-41/h1-38H. The molecule has 2 heteroatoms. The van der Waals surface area contributed by atoms with Gasteiger partial charge in [-0.2, -0.15) is 0 Å². The van der Waals surface area contributed by atoms with Crippen LogP contribution in [0.5, 0.6) is 0 Å². The molecule has 0 N–H and O–H groups in total. The van der Waals surface area contributed by atoms with Gasteiger partial charge in [0.25, 0.3) is 0 Å². The molecular weight excluding hydrogens is 701 g/mol. The molecule has 1 heterocycles. The third-order valence-corrected chi connectivity index (χ3v) is 11.6. The Labute approximate surface area is 338 Å². The van der Waals surface area contributed by atoms with Gasteiger partial charge in [0.05, 0.1) is 33.8 Å². The van der Waals surface area contributed by atoms with E-state index in [0.29, 0.717) is 0 Å². The Morgan fingerprint density at radius 2 is 0.759 bits per heavy atom. The minimum atomic E-state index is 1.12. The molecule has 0 fully saturated rings. The van der Waals surface area contributed by atoms with E-state index in [1.54, 1.807) is 0 Å². The van der Waals surface area contributed by atoms with E-state index in [2.05, 4.69) is 240 Å². The van der Waals surface area contributed by atoms with Gasteiger partial charge in [-0.15, -0.1) is 0 Å². The van der Waals surface area contributed by atoms with Crippen LogP contribution >= 0.6 is 0 Å². The third kappa shape index (κ3) is 5.50. The summed E-state index contributed by atoms with van der Waals surface area (Å²) in [4.78, 5) is 2.53. The molecule has 0 spiro atoms. The van der Waals surface area contributed by atoms with Gasteiger partial charge < -0.3 is 9.47 Å². The van der Waals surface area contributed by atoms with Crippen molar-refractivity contribution in [3.05, 3.63) is 231 Å². The molecule has 11 aromatic rings. The summed E-state index contributed by atoms with van der Waals surface area (Å²) in [5.41, 5.74) is 13.9. The minimum Gasteiger partial charge on any atom is -0.309 e. The molecule has 58 heavy (non-hydrogen) atoms. The molecule has 10 aromatic carbocycles. The van der Waals surface area contributed by atoms with Crippen LogP contribution in [0.3, 0.4) is 0 Å². The molecule has 0 aliphatic heterocycles. The number of hydrogen-bond donors (Lipinski definition) is 0. The maximum absolute atomic E-state index is 2.53. The number of rotatable bonds is 7. The maximum Gasteiger partial charge on any atom is 0.0618 e. The second-order valence-electron chi connectivity index (χ2n) is 14.8. The van der Waals surface area contributed by atoms with E-state index in [0.717, 1.165) is 33.8 Å². The molecular formula is C56H38N2. The highest BCUT2D eigenvalue weighted by molar-refractivity contribution is 6.20. The lowest BCUT2D eigenvalue weighted by molar-refractivity contribution is 1.18. The van der Waals surface area contributed by atoms with Crippen LogP contribution in [0.2, 0.25) is 0 Å². The molecule has 11 rings (SSSR count). The first kappa shape index (κ1) is 33.6. The van der Waals surface area contributed by atoms with Crippen LogP contribution in [-0.4, -0.2) is 4.57 Å². The van der Waals surface area contributed by atoms with Crippen LogP contribution in [0.4, 0.5) is 17.1 Å². The highest BCUT2D eigenvalue weighted by atomic mass is 15.2. The van der Waals surface area contributed by atoms with Crippen molar-refractivity contribution in [2.75, 3.05) is 4.90 Å². The van der Waals surface area contributed by atoms with Crippen molar-refractivity contribution in [1.29, 1.82) is 0 Å². The summed E-state index contributed by atoms with van der Waals surface area (Å²) in [7, 11) is 0. The van der Waals surface area contributed by atoms with Crippen LogP contribution in [0.1, 0.15) is 0 Å². The maximum atomic E-state index is 2.53. The SMILES string of the molecule is c1ccc(-c2ccccc2N(c2cc3ccccc3c3ccccc23)c2cccc3c2c2ccccc2n3-c2c(-c3ccccc3)cccc2-c2ccccc2)cc1. The van der Waals surface area contributed by atoms with Gasteiger partial charge in [-0.3, -0.25) is 0 Å². The van der Waals surface area contributed by atoms with Gasteiger partial charge in [0.1, 0.15) is 0 Å². The summed E-state index contributed by atoms with van der Waals surface area (Å²) in [6, 6.07) is 83.8. The van der Waals surface area contributed by atoms with Crippen LogP contribution in [0.25, 0.3) is 82.4 Å². The minimum absolute atomic E-state index is 1.12. The summed E-state index contributed by atoms with van der Waals surface area (Å²) in [5, 5.41) is 7.28. The van der Waals surface area contributed by atoms with Crippen LogP contribution < -0.4 is 4.90 Å². The molecule has 0 aliphatic rings. The molecule has 0 aliphatic carbocycles. The third-order valence-electron chi connectivity index (χ3n) is 11.6. The van der Waals surface area contributed by atoms with Crippen molar-refractivity contribution >= 4 is 60.4 Å². The van der Waals surface area contributed by atoms with E-state index in [1.807, 2.05) is 0 Å². The lowest BCUT2D eigenvalue weighted by atomic mass is 9.95. The molecule has 0 unspecified atom stereocenters. The van der Waals surface area contributed by atoms with Crippen molar-refractivity contribution in [3.63, 3.8) is 0 Å². The van der Waals surface area contributed by atoms with Gasteiger partial charge in [0, 0.05) is 32.8 Å². The average molecular weight is 739 g/mol. The zero-order valence-corrected chi connectivity index (χ0v) is 31.8. The Balaban J connectivity index is 1.29. The van der Waals surface area contributed by atoms with E-state index < -0.39 is 0 Å². The van der Waals surface area contributed by atoms with Gasteiger partial charge in [-0.25, -0.2) is 0 Å². The smallest absolute Gasteiger partial charge is 0.0618 e. The van der Waals surface area contributed by atoms with Crippen molar-refractivity contribution < 1.29 is 0 Å². The summed E-state index contributed by atoms with van der Waals surface area (Å²) < 4.78 is 2.51. The Morgan fingerprint density at radius 1 is 0.293 bits per heavy atom. The van der Waals surface area contributed by atoms with E-state index >= 15 is 0 Å². The summed E-state index contributed by atoms with van der Waals surface area (Å²) >= 11 is 0. The van der Waals surface area contributed by atoms with E-state index in [4.69, 9.17) is 0 Å². The summed E-state index contributed by atoms with van der Waals surface area (Å²) in [6.07, 6.45) is 0. The Bertz CT molecular complexity index is 3210. The number of aromatic nitrogens is 1. The first-order valence-electron chi connectivity index (χ1n) is 19.9. The monoisotopic (exact) mass is 738 g/mol. The average Bonchev–Trinajstić information content (AvgIpc) is 3.64. The highest BCUT2D eigenvalue weighted by Crippen LogP contribution is 2.50. The Morgan fingerprint density at radius 3 is 1.45 bits per heavy atom. The Hall–Kier alpha value is -7.68. The number of anilines is 3. The molecule has 272 valence electrons. The van der Waals surface area contributed by atoms with Crippen molar-refractivity contribution in [3.8, 4) is 39.1 Å². The second-order valence-corrected chi connectivity index (χ2v) is 14.8. The van der Waals surface area contributed by atoms with Gasteiger partial charge in [-0.05, 0) is 63.2 Å². The quantitative estimate of drug-likeness (QED) is 0.148. The topological polar surface area (TPSA) is 8.17 Å². The lowest BCUT2D eigenvalue weighted by Crippen LogP contribution is -2.12. The van der Waals surface area contributed by atoms with Gasteiger partial charge in [0.15, 0.2) is 0 Å². The fraction of sp³-hybridized carbons (Fsp3) is 0. The van der Waals surface area contributed by atoms with Gasteiger partial charge >= 0.3 is 0 Å². The fourth-order valence-corrected chi connectivity index (χ4v) is 9.05. The first-order valence-corrected chi connectivity index (χ1v) is 19.9. The molecule has 0 bridgehead atoms. The van der Waals surface area contributed by atoms with E-state index in [1.165, 1.54) is 65.7 Å². The number of hydrogen-bond acceptors (Lipinski definition) is 1. The zero-order valence-electron chi connectivity index (χ0n) is 31.8. The van der Waals surface area contributed by atoms with Gasteiger partial charge in [-0.1, -0.05) is 200 Å². The number of para-hydroxylation sites is 3. The lowest BCUT2D eigenvalue weighted by Gasteiger charge is -2.30.